The Morgan fingerprint density at radius 1 is 0.853 bits per heavy atom. The van der Waals surface area contributed by atoms with Gasteiger partial charge in [-0.1, -0.05) is 42.5 Å². The van der Waals surface area contributed by atoms with E-state index in [-0.39, 0.29) is 29.0 Å². The van der Waals surface area contributed by atoms with E-state index in [9.17, 15) is 18.0 Å². The van der Waals surface area contributed by atoms with Crippen molar-refractivity contribution in [2.24, 2.45) is 0 Å². The first-order valence-electron chi connectivity index (χ1n) is 11.0. The number of sulfonamides is 1. The zero-order valence-electron chi connectivity index (χ0n) is 19.4. The van der Waals surface area contributed by atoms with Crippen LogP contribution in [0.15, 0.2) is 89.8 Å². The van der Waals surface area contributed by atoms with Crippen LogP contribution in [0.5, 0.6) is 0 Å². The van der Waals surface area contributed by atoms with Crippen LogP contribution in [-0.4, -0.2) is 39.5 Å². The molecule has 0 radical (unpaired) electrons. The summed E-state index contributed by atoms with van der Waals surface area (Å²) in [5, 5.41) is 0. The van der Waals surface area contributed by atoms with Crippen LogP contribution in [0.2, 0.25) is 0 Å². The van der Waals surface area contributed by atoms with Crippen molar-refractivity contribution in [3.8, 4) is 0 Å². The Labute approximate surface area is 200 Å². The van der Waals surface area contributed by atoms with E-state index in [1.165, 1.54) is 28.6 Å². The van der Waals surface area contributed by atoms with Gasteiger partial charge in [-0.2, -0.15) is 0 Å². The number of carbonyl (C=O) groups excluding carboxylic acids is 2. The molecule has 0 aliphatic rings. The van der Waals surface area contributed by atoms with Crippen LogP contribution >= 0.6 is 0 Å². The summed E-state index contributed by atoms with van der Waals surface area (Å²) in [7, 11) is -3.90. The van der Waals surface area contributed by atoms with Crippen molar-refractivity contribution < 1.29 is 22.7 Å². The third kappa shape index (κ3) is 5.63. The predicted molar refractivity (Wildman–Crippen MR) is 132 cm³/mol. The van der Waals surface area contributed by atoms with Gasteiger partial charge in [-0.05, 0) is 63.2 Å². The Morgan fingerprint density at radius 3 is 2.00 bits per heavy atom. The van der Waals surface area contributed by atoms with E-state index in [0.717, 1.165) is 0 Å². The molecule has 0 fully saturated rings. The van der Waals surface area contributed by atoms with Gasteiger partial charge in [-0.15, -0.1) is 0 Å². The van der Waals surface area contributed by atoms with E-state index in [4.69, 9.17) is 4.74 Å². The monoisotopic (exact) mass is 480 g/mol. The maximum absolute atomic E-state index is 13.2. The molecule has 3 aromatic rings. The first-order valence-corrected chi connectivity index (χ1v) is 12.4. The number of hydrogen-bond donors (Lipinski definition) is 0. The Kier molecular flexibility index (Phi) is 8.07. The Hall–Kier alpha value is -3.65. The molecule has 8 heteroatoms. The highest BCUT2D eigenvalue weighted by Gasteiger charge is 2.25. The van der Waals surface area contributed by atoms with Gasteiger partial charge < -0.3 is 9.64 Å². The summed E-state index contributed by atoms with van der Waals surface area (Å²) in [6, 6.07) is 23.3. The Morgan fingerprint density at radius 2 is 1.44 bits per heavy atom. The molecule has 0 spiro atoms. The number of hydrogen-bond acceptors (Lipinski definition) is 5. The Balaban J connectivity index is 1.76. The van der Waals surface area contributed by atoms with Gasteiger partial charge in [-0.3, -0.25) is 9.10 Å². The minimum atomic E-state index is -3.90. The molecule has 178 valence electrons. The van der Waals surface area contributed by atoms with Crippen LogP contribution in [0.25, 0.3) is 0 Å². The molecule has 0 bridgehead atoms. The number of amides is 1. The van der Waals surface area contributed by atoms with Gasteiger partial charge in [0.05, 0.1) is 16.1 Å². The zero-order chi connectivity index (χ0) is 24.7. The topological polar surface area (TPSA) is 84.0 Å². The third-order valence-electron chi connectivity index (χ3n) is 5.14. The highest BCUT2D eigenvalue weighted by Crippen LogP contribution is 2.24. The van der Waals surface area contributed by atoms with Gasteiger partial charge in [0.2, 0.25) is 0 Å². The van der Waals surface area contributed by atoms with Crippen molar-refractivity contribution in [1.82, 2.24) is 0 Å². The molecule has 3 aromatic carbocycles. The fraction of sp³-hybridized carbons (Fsp3) is 0.231. The summed E-state index contributed by atoms with van der Waals surface area (Å²) >= 11 is 0. The van der Waals surface area contributed by atoms with E-state index in [1.807, 2.05) is 32.0 Å². The molecule has 3 rings (SSSR count). The van der Waals surface area contributed by atoms with Gasteiger partial charge in [-0.25, -0.2) is 13.2 Å². The summed E-state index contributed by atoms with van der Waals surface area (Å²) in [6.07, 6.45) is 0. The lowest BCUT2D eigenvalue weighted by Gasteiger charge is -2.26. The summed E-state index contributed by atoms with van der Waals surface area (Å²) in [5.41, 5.74) is 1.28. The summed E-state index contributed by atoms with van der Waals surface area (Å²) in [6.45, 7) is 5.23. The third-order valence-corrected chi connectivity index (χ3v) is 7.03. The van der Waals surface area contributed by atoms with Crippen molar-refractivity contribution in [2.75, 3.05) is 22.4 Å². The molecule has 0 heterocycles. The van der Waals surface area contributed by atoms with Crippen molar-refractivity contribution in [3.05, 3.63) is 90.5 Å². The molecule has 34 heavy (non-hydrogen) atoms. The number of anilines is 2. The fourth-order valence-electron chi connectivity index (χ4n) is 3.60. The van der Waals surface area contributed by atoms with Crippen LogP contribution < -0.4 is 9.21 Å². The van der Waals surface area contributed by atoms with Crippen LogP contribution in [0.4, 0.5) is 11.4 Å². The van der Waals surface area contributed by atoms with E-state index >= 15 is 0 Å². The molecule has 1 amide bonds. The van der Waals surface area contributed by atoms with Gasteiger partial charge in [0.15, 0.2) is 6.61 Å². The van der Waals surface area contributed by atoms with Gasteiger partial charge in [0.25, 0.3) is 15.9 Å². The van der Waals surface area contributed by atoms with E-state index in [1.54, 1.807) is 54.3 Å². The average molecular weight is 481 g/mol. The number of rotatable bonds is 9. The van der Waals surface area contributed by atoms with Crippen LogP contribution in [0.3, 0.4) is 0 Å². The highest BCUT2D eigenvalue weighted by atomic mass is 32.2. The van der Waals surface area contributed by atoms with Crippen molar-refractivity contribution in [2.45, 2.75) is 31.7 Å². The molecule has 0 N–H and O–H groups in total. The van der Waals surface area contributed by atoms with Crippen LogP contribution in [0, 0.1) is 0 Å². The van der Waals surface area contributed by atoms with Crippen molar-refractivity contribution in [3.63, 3.8) is 0 Å². The normalized spacial score (nSPS) is 11.2. The molecule has 0 unspecified atom stereocenters. The molecule has 0 saturated carbocycles. The van der Waals surface area contributed by atoms with E-state index < -0.39 is 22.6 Å². The molecular formula is C26H28N2O5S. The Bertz CT molecular complexity index is 1230. The smallest absolute Gasteiger partial charge is 0.338 e. The summed E-state index contributed by atoms with van der Waals surface area (Å²) in [4.78, 5) is 27.0. The van der Waals surface area contributed by atoms with E-state index in [0.29, 0.717) is 11.4 Å². The van der Waals surface area contributed by atoms with Gasteiger partial charge in [0, 0.05) is 18.3 Å². The number of para-hydroxylation sites is 2. The van der Waals surface area contributed by atoms with Gasteiger partial charge >= 0.3 is 5.97 Å². The second-order valence-electron chi connectivity index (χ2n) is 7.80. The second-order valence-corrected chi connectivity index (χ2v) is 9.66. The van der Waals surface area contributed by atoms with Crippen molar-refractivity contribution in [1.29, 1.82) is 0 Å². The number of esters is 1. The zero-order valence-corrected chi connectivity index (χ0v) is 20.2. The van der Waals surface area contributed by atoms with Gasteiger partial charge in [0.1, 0.15) is 0 Å². The summed E-state index contributed by atoms with van der Waals surface area (Å²) < 4.78 is 33.0. The van der Waals surface area contributed by atoms with Crippen LogP contribution in [-0.2, 0) is 19.6 Å². The minimum Gasteiger partial charge on any atom is -0.452 e. The number of carbonyl (C=O) groups is 2. The number of nitrogens with zero attached hydrogens (tertiary/aromatic N) is 2. The fourth-order valence-corrected chi connectivity index (χ4v) is 5.12. The standard InChI is InChI=1S/C26H28N2O5S/c1-4-27(22-13-7-5-8-14-22)34(31,32)24-17-11-12-21(18-24)26(30)33-19-25(29)28(20(2)3)23-15-9-6-10-16-23/h5-18,20H,4,19H2,1-3H3. The molecule has 0 aromatic heterocycles. The lowest BCUT2D eigenvalue weighted by molar-refractivity contribution is -0.122. The quantitative estimate of drug-likeness (QED) is 0.421. The highest BCUT2D eigenvalue weighted by molar-refractivity contribution is 7.92. The first kappa shape index (κ1) is 25.0. The molecule has 7 nitrogen and oxygen atoms in total. The lowest BCUT2D eigenvalue weighted by Crippen LogP contribution is -2.39. The number of ether oxygens (including phenoxy) is 1. The van der Waals surface area contributed by atoms with Crippen molar-refractivity contribution >= 4 is 33.3 Å². The summed E-state index contributed by atoms with van der Waals surface area (Å²) in [5.74, 6) is -1.15. The molecule has 0 aliphatic heterocycles. The SMILES string of the molecule is CCN(c1ccccc1)S(=O)(=O)c1cccc(C(=O)OCC(=O)N(c2ccccc2)C(C)C)c1. The number of benzene rings is 3. The molecule has 0 atom stereocenters. The second kappa shape index (κ2) is 11.0. The predicted octanol–water partition coefficient (Wildman–Crippen LogP) is 4.50. The molecule has 0 aliphatic carbocycles. The first-order chi connectivity index (χ1) is 16.3. The van der Waals surface area contributed by atoms with E-state index in [2.05, 4.69) is 0 Å². The molecular weight excluding hydrogens is 452 g/mol. The largest absolute Gasteiger partial charge is 0.452 e. The maximum atomic E-state index is 13.2. The van der Waals surface area contributed by atoms with Crippen LogP contribution in [0.1, 0.15) is 31.1 Å². The minimum absolute atomic E-state index is 0.0351. The lowest BCUT2D eigenvalue weighted by atomic mass is 10.2. The molecule has 0 saturated heterocycles. The maximum Gasteiger partial charge on any atom is 0.338 e. The average Bonchev–Trinajstić information content (AvgIpc) is 2.84.